The predicted molar refractivity (Wildman–Crippen MR) is 77.3 cm³/mol. The van der Waals surface area contributed by atoms with Crippen molar-refractivity contribution >= 4 is 22.1 Å². The molecule has 0 saturated heterocycles. The van der Waals surface area contributed by atoms with Crippen LogP contribution in [-0.4, -0.2) is 10.9 Å². The Kier molecular flexibility index (Phi) is 3.77. The second-order valence-electron chi connectivity index (χ2n) is 4.12. The third-order valence-corrected chi connectivity index (χ3v) is 3.05. The molecule has 92 valence electrons. The number of aromatic nitrogens is 1. The topological polar surface area (TPSA) is 34.4 Å². The van der Waals surface area contributed by atoms with E-state index in [0.717, 1.165) is 21.3 Å². The van der Waals surface area contributed by atoms with Gasteiger partial charge in [-0.15, -0.1) is 0 Å². The van der Waals surface area contributed by atoms with E-state index < -0.39 is 0 Å². The van der Waals surface area contributed by atoms with Crippen LogP contribution in [0.25, 0.3) is 0 Å². The summed E-state index contributed by atoms with van der Waals surface area (Å²) in [4.78, 5) is 11.8. The molecule has 0 radical (unpaired) electrons. The summed E-state index contributed by atoms with van der Waals surface area (Å²) in [5.41, 5.74) is 2.62. The van der Waals surface area contributed by atoms with E-state index in [1.807, 2.05) is 44.2 Å². The summed E-state index contributed by atoms with van der Waals surface area (Å²) in [5, 5.41) is 4.21. The van der Waals surface area contributed by atoms with E-state index in [9.17, 15) is 4.79 Å². The van der Waals surface area contributed by atoms with E-state index in [4.69, 9.17) is 0 Å². The van der Waals surface area contributed by atoms with Gasteiger partial charge in [0.2, 0.25) is 0 Å². The second kappa shape index (κ2) is 5.31. The number of hydrogen-bond acceptors (Lipinski definition) is 2. The highest BCUT2D eigenvalue weighted by molar-refractivity contribution is 9.10. The predicted octanol–water partition coefficient (Wildman–Crippen LogP) is 3.11. The maximum atomic E-state index is 11.8. The normalized spacial score (nSPS) is 11.1. The highest BCUT2D eigenvalue weighted by atomic mass is 79.9. The summed E-state index contributed by atoms with van der Waals surface area (Å²) in [7, 11) is 0. The van der Waals surface area contributed by atoms with Crippen LogP contribution in [0, 0.1) is 13.8 Å². The minimum absolute atomic E-state index is 0.110. The molecule has 0 spiro atoms. The van der Waals surface area contributed by atoms with Gasteiger partial charge in [-0.25, -0.2) is 4.68 Å². The summed E-state index contributed by atoms with van der Waals surface area (Å²) in [5.74, 6) is 0. The highest BCUT2D eigenvalue weighted by Crippen LogP contribution is 2.09. The molecule has 0 fully saturated rings. The maximum absolute atomic E-state index is 11.8. The van der Waals surface area contributed by atoms with Gasteiger partial charge in [0.25, 0.3) is 5.56 Å². The van der Waals surface area contributed by atoms with Gasteiger partial charge in [-0.3, -0.25) is 4.79 Å². The molecule has 1 aromatic carbocycles. The molecular weight excluding hydrogens is 292 g/mol. The number of rotatable bonds is 2. The molecule has 0 bridgehead atoms. The fourth-order valence-corrected chi connectivity index (χ4v) is 1.95. The van der Waals surface area contributed by atoms with E-state index in [-0.39, 0.29) is 5.56 Å². The zero-order chi connectivity index (χ0) is 13.1. The van der Waals surface area contributed by atoms with Crippen molar-refractivity contribution in [3.8, 4) is 0 Å². The van der Waals surface area contributed by atoms with Crippen molar-refractivity contribution < 1.29 is 0 Å². The van der Waals surface area contributed by atoms with Crippen LogP contribution in [-0.2, 0) is 0 Å². The lowest BCUT2D eigenvalue weighted by atomic mass is 10.2. The molecule has 1 aromatic heterocycles. The summed E-state index contributed by atoms with van der Waals surface area (Å²) in [6.45, 7) is 3.77. The van der Waals surface area contributed by atoms with Crippen molar-refractivity contribution in [2.75, 3.05) is 0 Å². The Labute approximate surface area is 114 Å². The molecule has 2 rings (SSSR count). The summed E-state index contributed by atoms with van der Waals surface area (Å²) < 4.78 is 2.41. The number of halogens is 1. The smallest absolute Gasteiger partial charge is 0.267 e. The number of benzene rings is 1. The van der Waals surface area contributed by atoms with Gasteiger partial charge in [-0.2, -0.15) is 5.10 Å². The van der Waals surface area contributed by atoms with E-state index in [1.54, 1.807) is 12.3 Å². The lowest BCUT2D eigenvalue weighted by Crippen LogP contribution is -2.18. The monoisotopic (exact) mass is 304 g/mol. The molecular formula is C14H13BrN2O. The van der Waals surface area contributed by atoms with Crippen LogP contribution in [0.2, 0.25) is 0 Å². The van der Waals surface area contributed by atoms with Crippen molar-refractivity contribution in [2.24, 2.45) is 5.10 Å². The van der Waals surface area contributed by atoms with Crippen molar-refractivity contribution in [1.82, 2.24) is 4.68 Å². The summed E-state index contributed by atoms with van der Waals surface area (Å²) in [6.07, 6.45) is 1.68. The fraction of sp³-hybridized carbons (Fsp3) is 0.143. The van der Waals surface area contributed by atoms with Crippen LogP contribution in [0.5, 0.6) is 0 Å². The lowest BCUT2D eigenvalue weighted by Gasteiger charge is -2.03. The van der Waals surface area contributed by atoms with Crippen LogP contribution in [0.3, 0.4) is 0 Å². The Morgan fingerprint density at radius 2 is 1.83 bits per heavy atom. The molecule has 0 amide bonds. The molecule has 0 atom stereocenters. The standard InChI is InChI=1S/C14H13BrN2O/c1-10-7-11(2)17(14(18)8-10)16-9-12-3-5-13(15)6-4-12/h3-9H,1-2H3/b16-9+. The zero-order valence-electron chi connectivity index (χ0n) is 10.2. The molecule has 0 aliphatic rings. The van der Waals surface area contributed by atoms with Crippen molar-refractivity contribution in [3.63, 3.8) is 0 Å². The number of aryl methyl sites for hydroxylation is 2. The molecule has 0 saturated carbocycles. The van der Waals surface area contributed by atoms with Gasteiger partial charge < -0.3 is 0 Å². The first kappa shape index (κ1) is 12.8. The van der Waals surface area contributed by atoms with Crippen LogP contribution in [0.1, 0.15) is 16.8 Å². The quantitative estimate of drug-likeness (QED) is 0.785. The molecule has 1 heterocycles. The number of nitrogens with zero attached hydrogens (tertiary/aromatic N) is 2. The number of pyridine rings is 1. The third-order valence-electron chi connectivity index (χ3n) is 2.52. The van der Waals surface area contributed by atoms with Gasteiger partial charge >= 0.3 is 0 Å². The van der Waals surface area contributed by atoms with E-state index in [1.165, 1.54) is 4.68 Å². The average molecular weight is 305 g/mol. The minimum Gasteiger partial charge on any atom is -0.267 e. The minimum atomic E-state index is -0.110. The van der Waals surface area contributed by atoms with Crippen LogP contribution >= 0.6 is 15.9 Å². The molecule has 18 heavy (non-hydrogen) atoms. The maximum Gasteiger partial charge on any atom is 0.271 e. The molecule has 0 N–H and O–H groups in total. The molecule has 0 unspecified atom stereocenters. The van der Waals surface area contributed by atoms with Crippen LogP contribution in [0.15, 0.2) is 50.8 Å². The Morgan fingerprint density at radius 3 is 2.44 bits per heavy atom. The van der Waals surface area contributed by atoms with E-state index >= 15 is 0 Å². The molecule has 2 aromatic rings. The molecule has 4 heteroatoms. The second-order valence-corrected chi connectivity index (χ2v) is 5.04. The van der Waals surface area contributed by atoms with Crippen molar-refractivity contribution in [2.45, 2.75) is 13.8 Å². The number of hydrogen-bond donors (Lipinski definition) is 0. The molecule has 0 aliphatic carbocycles. The van der Waals surface area contributed by atoms with Gasteiger partial charge in [0.15, 0.2) is 0 Å². The Hall–Kier alpha value is -1.68. The summed E-state index contributed by atoms with van der Waals surface area (Å²) >= 11 is 3.37. The molecule has 3 nitrogen and oxygen atoms in total. The van der Waals surface area contributed by atoms with E-state index in [0.29, 0.717) is 0 Å². The first-order valence-corrected chi connectivity index (χ1v) is 6.36. The zero-order valence-corrected chi connectivity index (χ0v) is 11.8. The van der Waals surface area contributed by atoms with Gasteiger partial charge in [0, 0.05) is 16.2 Å². The van der Waals surface area contributed by atoms with Gasteiger partial charge in [-0.05, 0) is 43.2 Å². The Bertz CT molecular complexity index is 642. The first-order valence-electron chi connectivity index (χ1n) is 5.56. The largest absolute Gasteiger partial charge is 0.271 e. The van der Waals surface area contributed by atoms with Crippen LogP contribution < -0.4 is 5.56 Å². The van der Waals surface area contributed by atoms with Gasteiger partial charge in [0.1, 0.15) is 0 Å². The van der Waals surface area contributed by atoms with Gasteiger partial charge in [0.05, 0.1) is 6.21 Å². The van der Waals surface area contributed by atoms with Crippen molar-refractivity contribution in [3.05, 3.63) is 68.0 Å². The van der Waals surface area contributed by atoms with Crippen molar-refractivity contribution in [1.29, 1.82) is 0 Å². The van der Waals surface area contributed by atoms with Crippen LogP contribution in [0.4, 0.5) is 0 Å². The lowest BCUT2D eigenvalue weighted by molar-refractivity contribution is 0.791. The molecule has 0 aliphatic heterocycles. The van der Waals surface area contributed by atoms with Gasteiger partial charge in [-0.1, -0.05) is 28.1 Å². The Morgan fingerprint density at radius 1 is 1.17 bits per heavy atom. The highest BCUT2D eigenvalue weighted by Gasteiger charge is 1.98. The Balaban J connectivity index is 2.35. The third kappa shape index (κ3) is 2.96. The van der Waals surface area contributed by atoms with E-state index in [2.05, 4.69) is 21.0 Å². The SMILES string of the molecule is Cc1cc(C)n(/N=C/c2ccc(Br)cc2)c(=O)c1. The first-order chi connectivity index (χ1) is 8.56. The fourth-order valence-electron chi connectivity index (χ4n) is 1.68. The summed E-state index contributed by atoms with van der Waals surface area (Å²) in [6, 6.07) is 11.2. The average Bonchev–Trinajstić information content (AvgIpc) is 2.30.